The van der Waals surface area contributed by atoms with Gasteiger partial charge in [-0.3, -0.25) is 0 Å². The average Bonchev–Trinajstić information content (AvgIpc) is 3.05. The molecule has 0 spiro atoms. The maximum Gasteiger partial charge on any atom is 0.171 e. The van der Waals surface area contributed by atoms with Gasteiger partial charge in [-0.2, -0.15) is 5.26 Å². The van der Waals surface area contributed by atoms with E-state index in [4.69, 9.17) is 24.9 Å². The zero-order valence-electron chi connectivity index (χ0n) is 12.1. The minimum Gasteiger partial charge on any atom is -0.497 e. The van der Waals surface area contributed by atoms with Gasteiger partial charge in [-0.1, -0.05) is 6.92 Å². The first-order valence-electron chi connectivity index (χ1n) is 6.72. The molecule has 0 saturated carbocycles. The fourth-order valence-electron chi connectivity index (χ4n) is 1.99. The third-order valence-corrected chi connectivity index (χ3v) is 3.19. The Morgan fingerprint density at radius 3 is 2.67 bits per heavy atom. The Morgan fingerprint density at radius 2 is 2.10 bits per heavy atom. The molecule has 110 valence electrons. The van der Waals surface area contributed by atoms with Gasteiger partial charge in [0.15, 0.2) is 6.10 Å². The van der Waals surface area contributed by atoms with E-state index < -0.39 is 6.10 Å². The zero-order chi connectivity index (χ0) is 15.2. The third-order valence-electron chi connectivity index (χ3n) is 3.19. The van der Waals surface area contributed by atoms with Crippen LogP contribution in [-0.4, -0.2) is 13.2 Å². The highest BCUT2D eigenvalue weighted by Gasteiger charge is 2.23. The SMILES string of the molecule is CCC(N)C(Oc1cc(C#N)cc(OC)c1)c1ccco1. The first-order valence-corrected chi connectivity index (χ1v) is 6.72. The van der Waals surface area contributed by atoms with Crippen LogP contribution in [0.15, 0.2) is 41.0 Å². The molecule has 2 unspecified atom stereocenters. The summed E-state index contributed by atoms with van der Waals surface area (Å²) in [6, 6.07) is 10.5. The smallest absolute Gasteiger partial charge is 0.171 e. The fraction of sp³-hybridized carbons (Fsp3) is 0.312. The molecule has 0 radical (unpaired) electrons. The van der Waals surface area contributed by atoms with Gasteiger partial charge in [-0.25, -0.2) is 0 Å². The van der Waals surface area contributed by atoms with Gasteiger partial charge < -0.3 is 19.6 Å². The highest BCUT2D eigenvalue weighted by atomic mass is 16.5. The van der Waals surface area contributed by atoms with Crippen LogP contribution < -0.4 is 15.2 Å². The lowest BCUT2D eigenvalue weighted by atomic mass is 10.1. The lowest BCUT2D eigenvalue weighted by molar-refractivity contribution is 0.144. The summed E-state index contributed by atoms with van der Waals surface area (Å²) in [5, 5.41) is 9.05. The minimum atomic E-state index is -0.413. The summed E-state index contributed by atoms with van der Waals surface area (Å²) in [7, 11) is 1.54. The van der Waals surface area contributed by atoms with E-state index in [0.29, 0.717) is 22.8 Å². The zero-order valence-corrected chi connectivity index (χ0v) is 12.1. The summed E-state index contributed by atoms with van der Waals surface area (Å²) in [6.07, 6.45) is 1.91. The number of hydrogen-bond donors (Lipinski definition) is 1. The van der Waals surface area contributed by atoms with Crippen LogP contribution >= 0.6 is 0 Å². The Kier molecular flexibility index (Phi) is 4.85. The van der Waals surface area contributed by atoms with Gasteiger partial charge >= 0.3 is 0 Å². The molecule has 0 fully saturated rings. The number of hydrogen-bond acceptors (Lipinski definition) is 5. The van der Waals surface area contributed by atoms with Crippen molar-refractivity contribution < 1.29 is 13.9 Å². The minimum absolute atomic E-state index is 0.215. The second-order valence-corrected chi connectivity index (χ2v) is 4.63. The summed E-state index contributed by atoms with van der Waals surface area (Å²) < 4.78 is 16.5. The lowest BCUT2D eigenvalue weighted by Crippen LogP contribution is -2.31. The molecule has 2 rings (SSSR count). The van der Waals surface area contributed by atoms with Crippen molar-refractivity contribution in [3.05, 3.63) is 47.9 Å². The second-order valence-electron chi connectivity index (χ2n) is 4.63. The number of nitrogens with two attached hydrogens (primary N) is 1. The van der Waals surface area contributed by atoms with Gasteiger partial charge in [0, 0.05) is 12.1 Å². The van der Waals surface area contributed by atoms with Gasteiger partial charge in [0.25, 0.3) is 0 Å². The van der Waals surface area contributed by atoms with Crippen molar-refractivity contribution >= 4 is 0 Å². The van der Waals surface area contributed by atoms with Crippen molar-refractivity contribution in [1.82, 2.24) is 0 Å². The molecule has 5 nitrogen and oxygen atoms in total. The number of benzene rings is 1. The van der Waals surface area contributed by atoms with E-state index in [0.717, 1.165) is 6.42 Å². The van der Waals surface area contributed by atoms with Crippen LogP contribution in [0, 0.1) is 11.3 Å². The lowest BCUT2D eigenvalue weighted by Gasteiger charge is -2.22. The van der Waals surface area contributed by atoms with Crippen molar-refractivity contribution in [1.29, 1.82) is 5.26 Å². The Morgan fingerprint density at radius 1 is 1.33 bits per heavy atom. The van der Waals surface area contributed by atoms with Crippen molar-refractivity contribution in [2.45, 2.75) is 25.5 Å². The Bertz CT molecular complexity index is 617. The molecule has 0 aliphatic rings. The molecule has 1 aromatic heterocycles. The van der Waals surface area contributed by atoms with Crippen LogP contribution in [0.25, 0.3) is 0 Å². The maximum atomic E-state index is 9.05. The number of furan rings is 1. The quantitative estimate of drug-likeness (QED) is 0.882. The molecule has 0 aliphatic heterocycles. The summed E-state index contributed by atoms with van der Waals surface area (Å²) in [4.78, 5) is 0. The van der Waals surface area contributed by atoms with Crippen molar-refractivity contribution in [2.75, 3.05) is 7.11 Å². The predicted molar refractivity (Wildman–Crippen MR) is 78.1 cm³/mol. The summed E-state index contributed by atoms with van der Waals surface area (Å²) in [6.45, 7) is 1.98. The van der Waals surface area contributed by atoms with Gasteiger partial charge in [0.1, 0.15) is 17.3 Å². The summed E-state index contributed by atoms with van der Waals surface area (Å²) in [5.41, 5.74) is 6.58. The van der Waals surface area contributed by atoms with E-state index in [1.165, 1.54) is 0 Å². The monoisotopic (exact) mass is 286 g/mol. The van der Waals surface area contributed by atoms with Gasteiger partial charge in [0.2, 0.25) is 0 Å². The topological polar surface area (TPSA) is 81.4 Å². The van der Waals surface area contributed by atoms with Crippen LogP contribution in [-0.2, 0) is 0 Å². The first kappa shape index (κ1) is 14.9. The van der Waals surface area contributed by atoms with Crippen LogP contribution in [0.3, 0.4) is 0 Å². The molecule has 0 bridgehead atoms. The number of nitrogens with zero attached hydrogens (tertiary/aromatic N) is 1. The first-order chi connectivity index (χ1) is 10.2. The Balaban J connectivity index is 2.30. The molecule has 2 aromatic rings. The molecule has 0 aliphatic carbocycles. The molecule has 0 amide bonds. The average molecular weight is 286 g/mol. The number of methoxy groups -OCH3 is 1. The standard InChI is InChI=1S/C16H18N2O3/c1-3-14(18)16(15-5-4-6-20-15)21-13-8-11(10-17)7-12(9-13)19-2/h4-9,14,16H,3,18H2,1-2H3. The van der Waals surface area contributed by atoms with E-state index in [1.807, 2.05) is 13.0 Å². The van der Waals surface area contributed by atoms with Gasteiger partial charge in [-0.05, 0) is 30.7 Å². The van der Waals surface area contributed by atoms with E-state index in [2.05, 4.69) is 6.07 Å². The molecule has 2 N–H and O–H groups in total. The van der Waals surface area contributed by atoms with Crippen LogP contribution in [0.5, 0.6) is 11.5 Å². The maximum absolute atomic E-state index is 9.05. The summed E-state index contributed by atoms with van der Waals surface area (Å²) in [5.74, 6) is 1.74. The molecule has 2 atom stereocenters. The number of rotatable bonds is 6. The predicted octanol–water partition coefficient (Wildman–Crippen LogP) is 3.02. The largest absolute Gasteiger partial charge is 0.497 e. The van der Waals surface area contributed by atoms with Gasteiger partial charge in [-0.15, -0.1) is 0 Å². The molecular weight excluding hydrogens is 268 g/mol. The number of nitriles is 1. The van der Waals surface area contributed by atoms with Crippen molar-refractivity contribution in [3.8, 4) is 17.6 Å². The third kappa shape index (κ3) is 3.56. The normalized spacial score (nSPS) is 13.2. The summed E-state index contributed by atoms with van der Waals surface area (Å²) >= 11 is 0. The molecule has 0 saturated heterocycles. The molecule has 1 heterocycles. The van der Waals surface area contributed by atoms with E-state index in [9.17, 15) is 0 Å². The molecule has 5 heteroatoms. The highest BCUT2D eigenvalue weighted by Crippen LogP contribution is 2.29. The fourth-order valence-corrected chi connectivity index (χ4v) is 1.99. The van der Waals surface area contributed by atoms with Crippen molar-refractivity contribution in [2.24, 2.45) is 5.73 Å². The van der Waals surface area contributed by atoms with Crippen LogP contribution in [0.1, 0.15) is 30.8 Å². The Labute approximate surface area is 123 Å². The number of ether oxygens (including phenoxy) is 2. The van der Waals surface area contributed by atoms with E-state index in [-0.39, 0.29) is 6.04 Å². The van der Waals surface area contributed by atoms with Gasteiger partial charge in [0.05, 0.1) is 25.0 Å². The van der Waals surface area contributed by atoms with Crippen LogP contribution in [0.2, 0.25) is 0 Å². The Hall–Kier alpha value is -2.45. The van der Waals surface area contributed by atoms with Crippen LogP contribution in [0.4, 0.5) is 0 Å². The second kappa shape index (κ2) is 6.82. The highest BCUT2D eigenvalue weighted by molar-refractivity contribution is 5.44. The van der Waals surface area contributed by atoms with E-state index >= 15 is 0 Å². The molecule has 1 aromatic carbocycles. The molecular formula is C16H18N2O3. The van der Waals surface area contributed by atoms with E-state index in [1.54, 1.807) is 37.6 Å². The van der Waals surface area contributed by atoms with Crippen molar-refractivity contribution in [3.63, 3.8) is 0 Å². The molecule has 21 heavy (non-hydrogen) atoms.